The normalized spacial score (nSPS) is 11.3. The van der Waals surface area contributed by atoms with Crippen LogP contribution in [0, 0.1) is 0 Å². The quantitative estimate of drug-likeness (QED) is 0.774. The van der Waals surface area contributed by atoms with Crippen LogP contribution >= 0.6 is 0 Å². The fourth-order valence-electron chi connectivity index (χ4n) is 1.50. The Morgan fingerprint density at radius 2 is 1.59 bits per heavy atom. The van der Waals surface area contributed by atoms with E-state index >= 15 is 0 Å². The molecule has 0 bridgehead atoms. The number of benzene rings is 1. The third-order valence-corrected chi connectivity index (χ3v) is 2.59. The van der Waals surface area contributed by atoms with Crippen molar-refractivity contribution in [2.45, 2.75) is 33.1 Å². The van der Waals surface area contributed by atoms with Crippen molar-refractivity contribution in [1.29, 1.82) is 0 Å². The second-order valence-electron chi connectivity index (χ2n) is 5.03. The average molecular weight is 236 g/mol. The molecule has 17 heavy (non-hydrogen) atoms. The van der Waals surface area contributed by atoms with Crippen molar-refractivity contribution in [2.24, 2.45) is 0 Å². The number of Topliss-reactive ketones (excluding diaryl/α,β-unsaturated/α-hetero) is 1. The van der Waals surface area contributed by atoms with E-state index < -0.39 is 11.7 Å². The van der Waals surface area contributed by atoms with Gasteiger partial charge in [0, 0.05) is 0 Å². The molecule has 92 valence electrons. The van der Waals surface area contributed by atoms with Gasteiger partial charge in [-0.15, -0.1) is 0 Å². The van der Waals surface area contributed by atoms with E-state index in [4.69, 9.17) is 5.11 Å². The summed E-state index contributed by atoms with van der Waals surface area (Å²) in [6.07, 6.45) is 0. The first-order valence-electron chi connectivity index (χ1n) is 5.26. The van der Waals surface area contributed by atoms with Crippen LogP contribution in [0.15, 0.2) is 12.1 Å². The van der Waals surface area contributed by atoms with Crippen LogP contribution in [-0.2, 0) is 5.41 Å². The molecule has 1 aromatic rings. The maximum atomic E-state index is 11.4. The lowest BCUT2D eigenvalue weighted by Gasteiger charge is -2.21. The van der Waals surface area contributed by atoms with Crippen LogP contribution in [0.5, 0.6) is 5.75 Å². The molecule has 0 aliphatic rings. The number of hydrogen-bond acceptors (Lipinski definition) is 3. The zero-order valence-electron chi connectivity index (χ0n) is 10.4. The topological polar surface area (TPSA) is 74.6 Å². The van der Waals surface area contributed by atoms with E-state index in [-0.39, 0.29) is 22.3 Å². The zero-order valence-corrected chi connectivity index (χ0v) is 10.4. The van der Waals surface area contributed by atoms with Crippen LogP contribution in [0.2, 0.25) is 0 Å². The highest BCUT2D eigenvalue weighted by molar-refractivity contribution is 6.02. The Morgan fingerprint density at radius 3 is 1.94 bits per heavy atom. The summed E-state index contributed by atoms with van der Waals surface area (Å²) in [5.41, 5.74) is 0.234. The maximum Gasteiger partial charge on any atom is 0.339 e. The van der Waals surface area contributed by atoms with Crippen LogP contribution in [0.3, 0.4) is 0 Å². The number of carbonyl (C=O) groups excluding carboxylic acids is 1. The van der Waals surface area contributed by atoms with Gasteiger partial charge in [0.25, 0.3) is 0 Å². The summed E-state index contributed by atoms with van der Waals surface area (Å²) in [5.74, 6) is -2.05. The molecule has 0 fully saturated rings. The smallest absolute Gasteiger partial charge is 0.339 e. The number of rotatable bonds is 2. The fraction of sp³-hybridized carbons (Fsp3) is 0.385. The van der Waals surface area contributed by atoms with Gasteiger partial charge in [0.1, 0.15) is 11.3 Å². The number of aromatic carboxylic acids is 1. The van der Waals surface area contributed by atoms with E-state index in [1.54, 1.807) is 6.07 Å². The predicted molar refractivity (Wildman–Crippen MR) is 63.8 cm³/mol. The summed E-state index contributed by atoms with van der Waals surface area (Å²) in [5, 5.41) is 18.7. The van der Waals surface area contributed by atoms with E-state index in [9.17, 15) is 14.7 Å². The van der Waals surface area contributed by atoms with Crippen LogP contribution in [0.25, 0.3) is 0 Å². The number of phenols is 1. The summed E-state index contributed by atoms with van der Waals surface area (Å²) in [6.45, 7) is 7.03. The number of carbonyl (C=O) groups is 2. The molecule has 0 unspecified atom stereocenters. The second-order valence-corrected chi connectivity index (χ2v) is 5.03. The molecule has 1 aromatic carbocycles. The Hall–Kier alpha value is -1.84. The summed E-state index contributed by atoms with van der Waals surface area (Å²) in [4.78, 5) is 22.4. The molecule has 0 amide bonds. The minimum atomic E-state index is -1.24. The van der Waals surface area contributed by atoms with Crippen LogP contribution in [0.4, 0.5) is 0 Å². The van der Waals surface area contributed by atoms with E-state index in [0.29, 0.717) is 5.56 Å². The van der Waals surface area contributed by atoms with Crippen molar-refractivity contribution in [3.63, 3.8) is 0 Å². The van der Waals surface area contributed by atoms with Crippen molar-refractivity contribution in [2.75, 3.05) is 0 Å². The Balaban J connectivity index is 3.59. The monoisotopic (exact) mass is 236 g/mol. The lowest BCUT2D eigenvalue weighted by Crippen LogP contribution is -2.14. The Bertz CT molecular complexity index is 446. The van der Waals surface area contributed by atoms with Gasteiger partial charge in [-0.05, 0) is 30.0 Å². The highest BCUT2D eigenvalue weighted by atomic mass is 16.4. The van der Waals surface area contributed by atoms with E-state index in [1.807, 2.05) is 20.8 Å². The molecule has 4 heteroatoms. The Morgan fingerprint density at radius 1 is 1.12 bits per heavy atom. The molecule has 0 atom stereocenters. The molecular weight excluding hydrogens is 220 g/mol. The van der Waals surface area contributed by atoms with Gasteiger partial charge in [-0.25, -0.2) is 4.79 Å². The highest BCUT2D eigenvalue weighted by Gasteiger charge is 2.22. The molecule has 0 radical (unpaired) electrons. The lowest BCUT2D eigenvalue weighted by molar-refractivity contribution is 0.0693. The van der Waals surface area contributed by atoms with E-state index in [1.165, 1.54) is 13.0 Å². The summed E-state index contributed by atoms with van der Waals surface area (Å²) in [7, 11) is 0. The SMILES string of the molecule is CC(=O)c1cc(C(C)(C)C)cc(C(=O)O)c1O. The van der Waals surface area contributed by atoms with Crippen molar-refractivity contribution in [1.82, 2.24) is 0 Å². The molecule has 0 aliphatic heterocycles. The van der Waals surface area contributed by atoms with Crippen molar-refractivity contribution in [3.8, 4) is 5.75 Å². The summed E-state index contributed by atoms with van der Waals surface area (Å²) in [6, 6.07) is 2.95. The Kier molecular flexibility index (Phi) is 3.27. The van der Waals surface area contributed by atoms with Crippen molar-refractivity contribution >= 4 is 11.8 Å². The fourth-order valence-corrected chi connectivity index (χ4v) is 1.50. The van der Waals surface area contributed by atoms with Gasteiger partial charge in [-0.3, -0.25) is 4.79 Å². The number of ketones is 1. The molecule has 0 saturated carbocycles. The Labute approximate surface area is 99.9 Å². The second kappa shape index (κ2) is 4.20. The van der Waals surface area contributed by atoms with Gasteiger partial charge in [-0.1, -0.05) is 20.8 Å². The largest absolute Gasteiger partial charge is 0.506 e. The molecule has 0 spiro atoms. The molecule has 0 heterocycles. The van der Waals surface area contributed by atoms with E-state index in [0.717, 1.165) is 0 Å². The first-order chi connectivity index (χ1) is 7.64. The number of carboxylic acids is 1. The van der Waals surface area contributed by atoms with Crippen molar-refractivity contribution < 1.29 is 19.8 Å². The molecule has 1 rings (SSSR count). The minimum Gasteiger partial charge on any atom is -0.506 e. The molecule has 0 aliphatic carbocycles. The average Bonchev–Trinajstić information content (AvgIpc) is 2.14. The first kappa shape index (κ1) is 13.2. The van der Waals surface area contributed by atoms with Gasteiger partial charge in [0.2, 0.25) is 0 Å². The third-order valence-electron chi connectivity index (χ3n) is 2.59. The van der Waals surface area contributed by atoms with Gasteiger partial charge >= 0.3 is 5.97 Å². The third kappa shape index (κ3) is 2.64. The van der Waals surface area contributed by atoms with Gasteiger partial charge in [0.15, 0.2) is 5.78 Å². The van der Waals surface area contributed by atoms with Crippen LogP contribution < -0.4 is 0 Å². The van der Waals surface area contributed by atoms with Crippen molar-refractivity contribution in [3.05, 3.63) is 28.8 Å². The molecular formula is C13H16O4. The molecule has 0 aromatic heterocycles. The van der Waals surface area contributed by atoms with Crippen LogP contribution in [-0.4, -0.2) is 22.0 Å². The van der Waals surface area contributed by atoms with E-state index in [2.05, 4.69) is 0 Å². The number of aromatic hydroxyl groups is 1. The minimum absolute atomic E-state index is 0.0508. The molecule has 4 nitrogen and oxygen atoms in total. The van der Waals surface area contributed by atoms with Gasteiger partial charge in [-0.2, -0.15) is 0 Å². The standard InChI is InChI=1S/C13H16O4/c1-7(14)9-5-8(13(2,3)4)6-10(11(9)15)12(16)17/h5-6,15H,1-4H3,(H,16,17). The number of hydrogen-bond donors (Lipinski definition) is 2. The highest BCUT2D eigenvalue weighted by Crippen LogP contribution is 2.31. The molecule has 2 N–H and O–H groups in total. The maximum absolute atomic E-state index is 11.4. The lowest BCUT2D eigenvalue weighted by atomic mass is 9.84. The molecule has 0 saturated heterocycles. The van der Waals surface area contributed by atoms with Gasteiger partial charge < -0.3 is 10.2 Å². The predicted octanol–water partition coefficient (Wildman–Crippen LogP) is 2.59. The zero-order chi connectivity index (χ0) is 13.4. The number of carboxylic acid groups (broad SMARTS) is 1. The van der Waals surface area contributed by atoms with Crippen LogP contribution in [0.1, 0.15) is 54.0 Å². The summed E-state index contributed by atoms with van der Waals surface area (Å²) < 4.78 is 0. The summed E-state index contributed by atoms with van der Waals surface area (Å²) >= 11 is 0. The van der Waals surface area contributed by atoms with Gasteiger partial charge in [0.05, 0.1) is 5.56 Å². The first-order valence-corrected chi connectivity index (χ1v) is 5.26.